The molecule has 0 aliphatic carbocycles. The predicted octanol–water partition coefficient (Wildman–Crippen LogP) is 2.21. The summed E-state index contributed by atoms with van der Waals surface area (Å²) < 4.78 is 35.3. The van der Waals surface area contributed by atoms with Crippen molar-refractivity contribution in [1.29, 1.82) is 0 Å². The van der Waals surface area contributed by atoms with E-state index < -0.39 is 6.61 Å². The number of benzene rings is 1. The van der Waals surface area contributed by atoms with E-state index in [0.29, 0.717) is 5.52 Å². The Kier molecular flexibility index (Phi) is 3.52. The van der Waals surface area contributed by atoms with Crippen LogP contribution in [0.25, 0.3) is 10.9 Å². The van der Waals surface area contributed by atoms with Gasteiger partial charge in [0.1, 0.15) is 0 Å². The van der Waals surface area contributed by atoms with Crippen LogP contribution in [0.2, 0.25) is 0 Å². The molecule has 0 aliphatic heterocycles. The normalized spacial score (nSPS) is 11.0. The van der Waals surface area contributed by atoms with E-state index in [4.69, 9.17) is 17.0 Å². The highest BCUT2D eigenvalue weighted by molar-refractivity contribution is 7.71. The Morgan fingerprint density at radius 1 is 1.37 bits per heavy atom. The van der Waals surface area contributed by atoms with Crippen molar-refractivity contribution < 1.29 is 18.3 Å². The summed E-state index contributed by atoms with van der Waals surface area (Å²) >= 11 is 4.95. The Labute approximate surface area is 111 Å². The zero-order valence-electron chi connectivity index (χ0n) is 10.1. The van der Waals surface area contributed by atoms with Gasteiger partial charge >= 0.3 is 6.61 Å². The topological polar surface area (TPSA) is 56.2 Å². The van der Waals surface area contributed by atoms with Gasteiger partial charge in [0.2, 0.25) is 0 Å². The van der Waals surface area contributed by atoms with Gasteiger partial charge in [-0.3, -0.25) is 9.36 Å². The third kappa shape index (κ3) is 2.43. The van der Waals surface area contributed by atoms with Crippen LogP contribution in [0.5, 0.6) is 11.5 Å². The van der Waals surface area contributed by atoms with Crippen molar-refractivity contribution in [2.75, 3.05) is 7.11 Å². The average molecular weight is 288 g/mol. The lowest BCUT2D eigenvalue weighted by Gasteiger charge is -2.11. The van der Waals surface area contributed by atoms with Crippen LogP contribution in [0.3, 0.4) is 0 Å². The number of H-pyrrole nitrogens is 1. The SMILES string of the molecule is COc1cc2c(=O)n(C)c(=S)[nH]c2cc1OC(F)F. The molecule has 1 N–H and O–H groups in total. The van der Waals surface area contributed by atoms with E-state index in [2.05, 4.69) is 9.72 Å². The highest BCUT2D eigenvalue weighted by Gasteiger charge is 2.14. The largest absolute Gasteiger partial charge is 0.493 e. The number of aromatic nitrogens is 2. The van der Waals surface area contributed by atoms with Crippen molar-refractivity contribution in [3.8, 4) is 11.5 Å². The van der Waals surface area contributed by atoms with Crippen LogP contribution in [-0.2, 0) is 7.05 Å². The number of nitrogens with one attached hydrogen (secondary N) is 1. The van der Waals surface area contributed by atoms with E-state index >= 15 is 0 Å². The van der Waals surface area contributed by atoms with Gasteiger partial charge < -0.3 is 14.5 Å². The van der Waals surface area contributed by atoms with Gasteiger partial charge in [-0.1, -0.05) is 0 Å². The van der Waals surface area contributed by atoms with Crippen LogP contribution >= 0.6 is 12.2 Å². The zero-order chi connectivity index (χ0) is 14.2. The highest BCUT2D eigenvalue weighted by atomic mass is 32.1. The minimum Gasteiger partial charge on any atom is -0.493 e. The lowest BCUT2D eigenvalue weighted by atomic mass is 10.2. The van der Waals surface area contributed by atoms with Gasteiger partial charge in [0.25, 0.3) is 5.56 Å². The maximum atomic E-state index is 12.3. The molecule has 2 aromatic rings. The number of rotatable bonds is 3. The van der Waals surface area contributed by atoms with Gasteiger partial charge in [-0.25, -0.2) is 0 Å². The first-order chi connectivity index (χ1) is 8.93. The molecule has 0 fully saturated rings. The molecule has 8 heteroatoms. The summed E-state index contributed by atoms with van der Waals surface area (Å²) in [5.41, 5.74) is -0.0369. The molecule has 102 valence electrons. The van der Waals surface area contributed by atoms with Crippen molar-refractivity contribution in [3.05, 3.63) is 27.3 Å². The van der Waals surface area contributed by atoms with Crippen molar-refractivity contribution in [1.82, 2.24) is 9.55 Å². The lowest BCUT2D eigenvalue weighted by molar-refractivity contribution is -0.0511. The molecule has 0 bridgehead atoms. The molecule has 0 saturated heterocycles. The fourth-order valence-electron chi connectivity index (χ4n) is 1.66. The molecule has 0 radical (unpaired) electrons. The second kappa shape index (κ2) is 4.96. The van der Waals surface area contributed by atoms with E-state index in [1.54, 1.807) is 0 Å². The standard InChI is InChI=1S/C11H10F2N2O3S/c1-15-9(16)5-3-7(17-2)8(18-10(12)13)4-6(5)14-11(15)19/h3-4,10H,1-2H3,(H,14,19). The summed E-state index contributed by atoms with van der Waals surface area (Å²) in [5.74, 6) is -0.112. The number of fused-ring (bicyclic) bond motifs is 1. The maximum absolute atomic E-state index is 12.3. The maximum Gasteiger partial charge on any atom is 0.387 e. The van der Waals surface area contributed by atoms with Gasteiger partial charge in [-0.2, -0.15) is 8.78 Å². The molecule has 0 atom stereocenters. The fourth-order valence-corrected chi connectivity index (χ4v) is 1.85. The molecule has 2 rings (SSSR count). The van der Waals surface area contributed by atoms with E-state index in [-0.39, 0.29) is 27.2 Å². The summed E-state index contributed by atoms with van der Waals surface area (Å²) in [5, 5.41) is 0.273. The molecule has 19 heavy (non-hydrogen) atoms. The van der Waals surface area contributed by atoms with Crippen LogP contribution in [0, 0.1) is 4.77 Å². The van der Waals surface area contributed by atoms with Gasteiger partial charge in [0.05, 0.1) is 18.0 Å². The summed E-state index contributed by atoms with van der Waals surface area (Å²) in [7, 11) is 2.81. The average Bonchev–Trinajstić information content (AvgIpc) is 2.35. The first-order valence-corrected chi connectivity index (χ1v) is 5.60. The third-order valence-electron chi connectivity index (χ3n) is 2.60. The Bertz CT molecular complexity index is 739. The van der Waals surface area contributed by atoms with E-state index in [1.165, 1.54) is 30.9 Å². The number of hydrogen-bond acceptors (Lipinski definition) is 4. The Morgan fingerprint density at radius 3 is 2.63 bits per heavy atom. The van der Waals surface area contributed by atoms with Gasteiger partial charge in [0, 0.05) is 13.1 Å². The van der Waals surface area contributed by atoms with Crippen LogP contribution in [0.15, 0.2) is 16.9 Å². The molecule has 0 unspecified atom stereocenters. The molecule has 0 aliphatic rings. The van der Waals surface area contributed by atoms with Gasteiger partial charge in [0.15, 0.2) is 16.3 Å². The highest BCUT2D eigenvalue weighted by Crippen LogP contribution is 2.31. The summed E-state index contributed by atoms with van der Waals surface area (Å²) in [4.78, 5) is 14.7. The summed E-state index contributed by atoms with van der Waals surface area (Å²) in [6, 6.07) is 2.60. The molecule has 1 heterocycles. The first kappa shape index (κ1) is 13.5. The molecular weight excluding hydrogens is 278 g/mol. The molecule has 0 amide bonds. The number of aromatic amines is 1. The fraction of sp³-hybridized carbons (Fsp3) is 0.273. The van der Waals surface area contributed by atoms with Crippen LogP contribution in [0.4, 0.5) is 8.78 Å². The second-order valence-electron chi connectivity index (χ2n) is 3.72. The molecule has 1 aromatic carbocycles. The van der Waals surface area contributed by atoms with Crippen molar-refractivity contribution >= 4 is 23.1 Å². The second-order valence-corrected chi connectivity index (χ2v) is 4.11. The number of methoxy groups -OCH3 is 1. The minimum atomic E-state index is -2.99. The molecular formula is C11H10F2N2O3S. The van der Waals surface area contributed by atoms with E-state index in [9.17, 15) is 13.6 Å². The van der Waals surface area contributed by atoms with Crippen molar-refractivity contribution in [2.45, 2.75) is 6.61 Å². The van der Waals surface area contributed by atoms with Crippen LogP contribution in [-0.4, -0.2) is 23.3 Å². The van der Waals surface area contributed by atoms with Gasteiger partial charge in [-0.05, 0) is 18.3 Å². The lowest BCUT2D eigenvalue weighted by Crippen LogP contribution is -2.18. The zero-order valence-corrected chi connectivity index (χ0v) is 10.9. The Morgan fingerprint density at radius 2 is 2.05 bits per heavy atom. The molecule has 5 nitrogen and oxygen atoms in total. The predicted molar refractivity (Wildman–Crippen MR) is 67.6 cm³/mol. The quantitative estimate of drug-likeness (QED) is 0.880. The van der Waals surface area contributed by atoms with E-state index in [0.717, 1.165) is 0 Å². The van der Waals surface area contributed by atoms with Crippen molar-refractivity contribution in [2.24, 2.45) is 7.05 Å². The minimum absolute atomic E-state index is 0.0513. The van der Waals surface area contributed by atoms with Crippen molar-refractivity contribution in [3.63, 3.8) is 0 Å². The molecule has 0 saturated carbocycles. The van der Waals surface area contributed by atoms with Gasteiger partial charge in [-0.15, -0.1) is 0 Å². The van der Waals surface area contributed by atoms with Crippen LogP contribution in [0.1, 0.15) is 0 Å². The van der Waals surface area contributed by atoms with E-state index in [1.807, 2.05) is 0 Å². The Balaban J connectivity index is 2.78. The number of nitrogens with zero attached hydrogens (tertiary/aromatic N) is 1. The molecule has 0 spiro atoms. The number of alkyl halides is 2. The number of ether oxygens (including phenoxy) is 2. The van der Waals surface area contributed by atoms with Crippen LogP contribution < -0.4 is 15.0 Å². The summed E-state index contributed by atoms with van der Waals surface area (Å²) in [6.07, 6.45) is 0. The third-order valence-corrected chi connectivity index (χ3v) is 2.98. The number of halogens is 2. The summed E-state index contributed by atoms with van der Waals surface area (Å²) in [6.45, 7) is -2.99. The Hall–Kier alpha value is -1.96. The molecule has 1 aromatic heterocycles. The smallest absolute Gasteiger partial charge is 0.387 e. The number of hydrogen-bond donors (Lipinski definition) is 1. The monoisotopic (exact) mass is 288 g/mol. The first-order valence-electron chi connectivity index (χ1n) is 5.20.